The quantitative estimate of drug-likeness (QED) is 0.516. The second kappa shape index (κ2) is 5.67. The van der Waals surface area contributed by atoms with Crippen molar-refractivity contribution in [3.63, 3.8) is 0 Å². The van der Waals surface area contributed by atoms with Gasteiger partial charge in [-0.05, 0) is 36.1 Å². The van der Waals surface area contributed by atoms with Crippen molar-refractivity contribution in [2.45, 2.75) is 18.4 Å². The summed E-state index contributed by atoms with van der Waals surface area (Å²) in [5, 5.41) is 15.0. The molecule has 0 spiro atoms. The number of ether oxygens (including phenoxy) is 1. The topological polar surface area (TPSA) is 64.4 Å². The second-order valence-corrected chi connectivity index (χ2v) is 6.24. The summed E-state index contributed by atoms with van der Waals surface area (Å²) in [7, 11) is 1.66. The predicted molar refractivity (Wildman–Crippen MR) is 92.4 cm³/mol. The number of nitrogens with one attached hydrogen (secondary N) is 1. The Hall–Kier alpha value is -2.82. The minimum Gasteiger partial charge on any atom is -0.497 e. The highest BCUT2D eigenvalue weighted by Crippen LogP contribution is 2.51. The van der Waals surface area contributed by atoms with Crippen molar-refractivity contribution in [2.24, 2.45) is 5.92 Å². The molecule has 4 rings (SSSR count). The molecule has 1 heterocycles. The van der Waals surface area contributed by atoms with Gasteiger partial charge in [-0.1, -0.05) is 30.4 Å². The van der Waals surface area contributed by atoms with Gasteiger partial charge in [-0.15, -0.1) is 0 Å². The fraction of sp³-hybridized carbons (Fsp3) is 0.263. The molecule has 0 fully saturated rings. The number of fused-ring (bicyclic) bond motifs is 3. The molecule has 0 aromatic heterocycles. The molecule has 0 saturated heterocycles. The van der Waals surface area contributed by atoms with Gasteiger partial charge in [0.2, 0.25) is 0 Å². The van der Waals surface area contributed by atoms with E-state index >= 15 is 0 Å². The van der Waals surface area contributed by atoms with Crippen LogP contribution >= 0.6 is 0 Å². The van der Waals surface area contributed by atoms with Crippen molar-refractivity contribution < 1.29 is 9.66 Å². The van der Waals surface area contributed by atoms with Crippen molar-refractivity contribution in [2.75, 3.05) is 12.4 Å². The first kappa shape index (κ1) is 14.8. The summed E-state index contributed by atoms with van der Waals surface area (Å²) in [4.78, 5) is 11.1. The molecule has 2 aromatic rings. The van der Waals surface area contributed by atoms with Crippen molar-refractivity contribution >= 4 is 11.4 Å². The highest BCUT2D eigenvalue weighted by atomic mass is 16.6. The summed E-state index contributed by atoms with van der Waals surface area (Å²) in [6.45, 7) is 0. The smallest absolute Gasteiger partial charge is 0.274 e. The van der Waals surface area contributed by atoms with Crippen LogP contribution in [-0.4, -0.2) is 12.0 Å². The molecule has 5 nitrogen and oxygen atoms in total. The normalized spacial score (nSPS) is 24.0. The van der Waals surface area contributed by atoms with Gasteiger partial charge in [-0.2, -0.15) is 0 Å². The number of nitro benzene ring substituents is 1. The van der Waals surface area contributed by atoms with Crippen molar-refractivity contribution in [3.8, 4) is 5.75 Å². The number of hydrogen-bond acceptors (Lipinski definition) is 4. The number of rotatable bonds is 3. The summed E-state index contributed by atoms with van der Waals surface area (Å²) >= 11 is 0. The molecule has 0 saturated carbocycles. The lowest BCUT2D eigenvalue weighted by Gasteiger charge is -2.37. The number of nitrogens with zero attached hydrogens (tertiary/aromatic N) is 1. The lowest BCUT2D eigenvalue weighted by Crippen LogP contribution is -2.29. The molecule has 0 unspecified atom stereocenters. The number of hydrogen-bond donors (Lipinski definition) is 1. The Labute approximate surface area is 140 Å². The van der Waals surface area contributed by atoms with Crippen LogP contribution in [0.25, 0.3) is 0 Å². The van der Waals surface area contributed by atoms with E-state index in [1.165, 1.54) is 5.56 Å². The van der Waals surface area contributed by atoms with Crippen LogP contribution in [0.4, 0.5) is 11.4 Å². The molecule has 2 aromatic carbocycles. The third-order valence-corrected chi connectivity index (χ3v) is 5.04. The molecular weight excluding hydrogens is 304 g/mol. The van der Waals surface area contributed by atoms with E-state index in [4.69, 9.17) is 4.74 Å². The summed E-state index contributed by atoms with van der Waals surface area (Å²) in [6, 6.07) is 12.9. The molecule has 5 heteroatoms. The molecule has 1 aliphatic heterocycles. The zero-order chi connectivity index (χ0) is 16.7. The summed E-state index contributed by atoms with van der Waals surface area (Å²) in [5.74, 6) is 1.35. The lowest BCUT2D eigenvalue weighted by atomic mass is 9.76. The Morgan fingerprint density at radius 2 is 2.04 bits per heavy atom. The molecule has 0 bridgehead atoms. The molecule has 24 heavy (non-hydrogen) atoms. The molecule has 0 radical (unpaired) electrons. The maximum Gasteiger partial charge on any atom is 0.274 e. The Morgan fingerprint density at radius 1 is 1.21 bits per heavy atom. The Morgan fingerprint density at radius 3 is 2.83 bits per heavy atom. The molecule has 1 aliphatic carbocycles. The summed E-state index contributed by atoms with van der Waals surface area (Å²) in [5.41, 5.74) is 3.15. The van der Waals surface area contributed by atoms with Crippen LogP contribution in [0, 0.1) is 16.0 Å². The van der Waals surface area contributed by atoms with E-state index in [9.17, 15) is 10.1 Å². The van der Waals surface area contributed by atoms with Gasteiger partial charge in [-0.3, -0.25) is 10.1 Å². The van der Waals surface area contributed by atoms with Crippen LogP contribution in [-0.2, 0) is 0 Å². The zero-order valence-corrected chi connectivity index (χ0v) is 13.3. The average Bonchev–Trinajstić information content (AvgIpc) is 3.10. The highest BCUT2D eigenvalue weighted by Gasteiger charge is 2.40. The lowest BCUT2D eigenvalue weighted by molar-refractivity contribution is -0.385. The van der Waals surface area contributed by atoms with E-state index in [1.54, 1.807) is 19.2 Å². The van der Waals surface area contributed by atoms with Crippen LogP contribution in [0.1, 0.15) is 29.5 Å². The minimum absolute atomic E-state index is 0.0764. The van der Waals surface area contributed by atoms with Crippen molar-refractivity contribution in [3.05, 3.63) is 75.9 Å². The van der Waals surface area contributed by atoms with Gasteiger partial charge in [0, 0.05) is 17.7 Å². The number of allylic oxidation sites excluding steroid dienone is 2. The van der Waals surface area contributed by atoms with Crippen LogP contribution < -0.4 is 10.1 Å². The average molecular weight is 322 g/mol. The fourth-order valence-corrected chi connectivity index (χ4v) is 3.92. The monoisotopic (exact) mass is 322 g/mol. The van der Waals surface area contributed by atoms with E-state index in [1.807, 2.05) is 24.3 Å². The first-order valence-electron chi connectivity index (χ1n) is 8.03. The van der Waals surface area contributed by atoms with Gasteiger partial charge in [-0.25, -0.2) is 0 Å². The van der Waals surface area contributed by atoms with Gasteiger partial charge in [0.15, 0.2) is 0 Å². The Balaban J connectivity index is 1.81. The standard InChI is InChI=1S/C19H18N2O3/c1-24-12-9-10-17-16(11-12)13-6-4-7-14(13)19(20-17)15-5-2-3-8-18(15)21(22)23/h2-6,8-11,13-14,19-20H,7H2,1H3/t13-,14-,19-/m1/s1. The molecule has 3 atom stereocenters. The first-order chi connectivity index (χ1) is 11.7. The molecule has 0 amide bonds. The Kier molecular flexibility index (Phi) is 3.49. The van der Waals surface area contributed by atoms with E-state index in [2.05, 4.69) is 23.5 Å². The summed E-state index contributed by atoms with van der Waals surface area (Å²) in [6.07, 6.45) is 5.30. The van der Waals surface area contributed by atoms with Gasteiger partial charge in [0.25, 0.3) is 5.69 Å². The van der Waals surface area contributed by atoms with Crippen molar-refractivity contribution in [1.29, 1.82) is 0 Å². The van der Waals surface area contributed by atoms with E-state index < -0.39 is 0 Å². The van der Waals surface area contributed by atoms with Crippen LogP contribution in [0.15, 0.2) is 54.6 Å². The SMILES string of the molecule is COc1ccc2c(c1)[C@@H]1C=CC[C@H]1[C@H](c1ccccc1[N+](=O)[O-])N2. The van der Waals surface area contributed by atoms with E-state index in [0.717, 1.165) is 23.4 Å². The van der Waals surface area contributed by atoms with Crippen LogP contribution in [0.5, 0.6) is 5.75 Å². The van der Waals surface area contributed by atoms with Gasteiger partial charge in [0.1, 0.15) is 5.75 Å². The largest absolute Gasteiger partial charge is 0.497 e. The van der Waals surface area contributed by atoms with Gasteiger partial charge in [0.05, 0.1) is 23.6 Å². The van der Waals surface area contributed by atoms with Crippen molar-refractivity contribution in [1.82, 2.24) is 0 Å². The fourth-order valence-electron chi connectivity index (χ4n) is 3.92. The maximum absolute atomic E-state index is 11.4. The number of benzene rings is 2. The van der Waals surface area contributed by atoms with E-state index in [0.29, 0.717) is 0 Å². The third kappa shape index (κ3) is 2.24. The van der Waals surface area contributed by atoms with Crippen LogP contribution in [0.2, 0.25) is 0 Å². The number of nitro groups is 1. The predicted octanol–water partition coefficient (Wildman–Crippen LogP) is 4.43. The zero-order valence-electron chi connectivity index (χ0n) is 13.3. The number of para-hydroxylation sites is 1. The van der Waals surface area contributed by atoms with Gasteiger partial charge < -0.3 is 10.1 Å². The maximum atomic E-state index is 11.4. The van der Waals surface area contributed by atoms with E-state index in [-0.39, 0.29) is 28.5 Å². The third-order valence-electron chi connectivity index (χ3n) is 5.04. The summed E-state index contributed by atoms with van der Waals surface area (Å²) < 4.78 is 5.35. The molecule has 1 N–H and O–H groups in total. The van der Waals surface area contributed by atoms with Gasteiger partial charge >= 0.3 is 0 Å². The number of methoxy groups -OCH3 is 1. The van der Waals surface area contributed by atoms with Crippen LogP contribution in [0.3, 0.4) is 0 Å². The second-order valence-electron chi connectivity index (χ2n) is 6.24. The molecule has 2 aliphatic rings. The Bertz CT molecular complexity index is 831. The molecule has 122 valence electrons. The highest BCUT2D eigenvalue weighted by molar-refractivity contribution is 5.63. The number of anilines is 1. The minimum atomic E-state index is -0.294. The first-order valence-corrected chi connectivity index (χ1v) is 8.03. The molecular formula is C19H18N2O3.